The number of aromatic nitrogens is 1. The van der Waals surface area contributed by atoms with Crippen molar-refractivity contribution in [2.75, 3.05) is 25.1 Å². The minimum absolute atomic E-state index is 0.295. The Bertz CT molecular complexity index is 680. The van der Waals surface area contributed by atoms with Crippen molar-refractivity contribution in [1.29, 1.82) is 0 Å². The van der Waals surface area contributed by atoms with Gasteiger partial charge in [0.15, 0.2) is 0 Å². The van der Waals surface area contributed by atoms with E-state index in [0.717, 1.165) is 75.0 Å². The molecule has 0 spiro atoms. The zero-order chi connectivity index (χ0) is 20.9. The predicted octanol–water partition coefficient (Wildman–Crippen LogP) is 4.25. The Kier molecular flexibility index (Phi) is 7.52. The minimum Gasteiger partial charge on any atom is -0.443 e. The number of pyridine rings is 1. The molecule has 162 valence electrons. The maximum atomic E-state index is 12.6. The Morgan fingerprint density at radius 3 is 2.76 bits per heavy atom. The molecular formula is C23H37N3O3. The fourth-order valence-corrected chi connectivity index (χ4v) is 3.89. The van der Waals surface area contributed by atoms with Crippen molar-refractivity contribution >= 4 is 11.9 Å². The highest BCUT2D eigenvalue weighted by molar-refractivity contribution is 5.88. The monoisotopic (exact) mass is 403 g/mol. The topological polar surface area (TPSA) is 63.7 Å². The molecule has 1 aromatic rings. The number of fused-ring (bicyclic) bond motifs is 1. The summed E-state index contributed by atoms with van der Waals surface area (Å²) in [4.78, 5) is 19.1. The number of nitrogens with zero attached hydrogens (tertiary/aromatic N) is 2. The van der Waals surface area contributed by atoms with E-state index >= 15 is 0 Å². The number of hydrogen-bond donors (Lipinski definition) is 1. The van der Waals surface area contributed by atoms with E-state index in [1.54, 1.807) is 4.90 Å². The second-order valence-corrected chi connectivity index (χ2v) is 9.28. The third kappa shape index (κ3) is 6.41. The van der Waals surface area contributed by atoms with Crippen molar-refractivity contribution in [2.24, 2.45) is 0 Å². The minimum atomic E-state index is -0.498. The maximum absolute atomic E-state index is 12.6. The van der Waals surface area contributed by atoms with Crippen LogP contribution >= 0.6 is 0 Å². The molecule has 0 saturated heterocycles. The highest BCUT2D eigenvalue weighted by Gasteiger charge is 2.29. The average molecular weight is 404 g/mol. The quantitative estimate of drug-likeness (QED) is 0.658. The summed E-state index contributed by atoms with van der Waals surface area (Å²) in [5.41, 5.74) is 1.69. The van der Waals surface area contributed by atoms with Gasteiger partial charge in [0.2, 0.25) is 0 Å². The molecule has 1 fully saturated rings. The Morgan fingerprint density at radius 2 is 2.03 bits per heavy atom. The SMILES string of the molecule is CNC1CC(OCCCCCc2ccc3c(n2)N(C(=O)OC(C)(C)C)CCC3)C1. The van der Waals surface area contributed by atoms with Gasteiger partial charge in [-0.15, -0.1) is 0 Å². The molecule has 6 nitrogen and oxygen atoms in total. The highest BCUT2D eigenvalue weighted by Crippen LogP contribution is 2.27. The second-order valence-electron chi connectivity index (χ2n) is 9.28. The first-order chi connectivity index (χ1) is 13.9. The van der Waals surface area contributed by atoms with Gasteiger partial charge in [0, 0.05) is 24.9 Å². The number of amides is 1. The molecule has 3 rings (SSSR count). The summed E-state index contributed by atoms with van der Waals surface area (Å²) < 4.78 is 11.5. The first-order valence-corrected chi connectivity index (χ1v) is 11.1. The Balaban J connectivity index is 1.44. The standard InChI is InChI=1S/C23H37N3O3/c1-23(2,3)29-22(27)26-13-8-9-17-11-12-18(25-21(17)26)10-6-5-7-14-28-20-15-19(16-20)24-4/h11-12,19-20,24H,5-10,13-16H2,1-4H3. The first-order valence-electron chi connectivity index (χ1n) is 11.1. The average Bonchev–Trinajstić information content (AvgIpc) is 2.63. The van der Waals surface area contributed by atoms with E-state index in [9.17, 15) is 4.79 Å². The van der Waals surface area contributed by atoms with E-state index in [4.69, 9.17) is 14.5 Å². The van der Waals surface area contributed by atoms with Crippen LogP contribution in [0.25, 0.3) is 0 Å². The van der Waals surface area contributed by atoms with Gasteiger partial charge in [-0.1, -0.05) is 12.5 Å². The van der Waals surface area contributed by atoms with Crippen LogP contribution in [-0.4, -0.2) is 49.0 Å². The van der Waals surface area contributed by atoms with Crippen LogP contribution in [0.2, 0.25) is 0 Å². The van der Waals surface area contributed by atoms with Gasteiger partial charge in [0.05, 0.1) is 6.10 Å². The molecule has 0 atom stereocenters. The van der Waals surface area contributed by atoms with E-state index in [-0.39, 0.29) is 6.09 Å². The zero-order valence-corrected chi connectivity index (χ0v) is 18.5. The summed E-state index contributed by atoms with van der Waals surface area (Å²) >= 11 is 0. The normalized spacial score (nSPS) is 21.4. The van der Waals surface area contributed by atoms with Crippen LogP contribution in [-0.2, 0) is 22.3 Å². The van der Waals surface area contributed by atoms with E-state index in [0.29, 0.717) is 18.7 Å². The molecule has 6 heteroatoms. The number of nitrogens with one attached hydrogen (secondary N) is 1. The van der Waals surface area contributed by atoms with Crippen LogP contribution < -0.4 is 10.2 Å². The Morgan fingerprint density at radius 1 is 1.24 bits per heavy atom. The van der Waals surface area contributed by atoms with Crippen molar-refractivity contribution in [3.05, 3.63) is 23.4 Å². The Labute approximate surface area is 175 Å². The van der Waals surface area contributed by atoms with Crippen LogP contribution in [0.15, 0.2) is 12.1 Å². The molecule has 2 aliphatic rings. The lowest BCUT2D eigenvalue weighted by Gasteiger charge is -2.34. The third-order valence-electron chi connectivity index (χ3n) is 5.64. The van der Waals surface area contributed by atoms with Crippen LogP contribution in [0.3, 0.4) is 0 Å². The number of carbonyl (C=O) groups excluding carboxylic acids is 1. The lowest BCUT2D eigenvalue weighted by molar-refractivity contribution is -0.0162. The molecule has 0 unspecified atom stereocenters. The molecule has 0 radical (unpaired) electrons. The van der Waals surface area contributed by atoms with Crippen molar-refractivity contribution in [3.63, 3.8) is 0 Å². The van der Waals surface area contributed by atoms with Crippen LogP contribution in [0.5, 0.6) is 0 Å². The summed E-state index contributed by atoms with van der Waals surface area (Å²) in [6.45, 7) is 7.21. The van der Waals surface area contributed by atoms with Gasteiger partial charge in [0.25, 0.3) is 0 Å². The number of ether oxygens (including phenoxy) is 2. The second kappa shape index (κ2) is 9.90. The number of hydrogen-bond acceptors (Lipinski definition) is 5. The van der Waals surface area contributed by atoms with Gasteiger partial charge in [-0.3, -0.25) is 4.90 Å². The maximum Gasteiger partial charge on any atom is 0.416 e. The van der Waals surface area contributed by atoms with E-state index < -0.39 is 5.60 Å². The largest absolute Gasteiger partial charge is 0.443 e. The van der Waals surface area contributed by atoms with Crippen molar-refractivity contribution in [3.8, 4) is 0 Å². The summed E-state index contributed by atoms with van der Waals surface area (Å²) in [7, 11) is 2.02. The molecule has 0 bridgehead atoms. The number of carbonyl (C=O) groups is 1. The van der Waals surface area contributed by atoms with E-state index in [2.05, 4.69) is 17.4 Å². The van der Waals surface area contributed by atoms with Crippen LogP contribution in [0, 0.1) is 0 Å². The summed E-state index contributed by atoms with van der Waals surface area (Å²) in [6, 6.07) is 4.89. The van der Waals surface area contributed by atoms with E-state index in [1.165, 1.54) is 0 Å². The molecule has 1 aliphatic heterocycles. The molecule has 1 amide bonds. The number of anilines is 1. The van der Waals surface area contributed by atoms with Gasteiger partial charge in [-0.25, -0.2) is 9.78 Å². The highest BCUT2D eigenvalue weighted by atomic mass is 16.6. The third-order valence-corrected chi connectivity index (χ3v) is 5.64. The van der Waals surface area contributed by atoms with Gasteiger partial charge in [-0.2, -0.15) is 0 Å². The van der Waals surface area contributed by atoms with Crippen molar-refractivity contribution in [2.45, 2.75) is 89.9 Å². The lowest BCUT2D eigenvalue weighted by Crippen LogP contribution is -2.43. The fraction of sp³-hybridized carbons (Fsp3) is 0.739. The van der Waals surface area contributed by atoms with Gasteiger partial charge >= 0.3 is 6.09 Å². The smallest absolute Gasteiger partial charge is 0.416 e. The van der Waals surface area contributed by atoms with E-state index in [1.807, 2.05) is 27.8 Å². The lowest BCUT2D eigenvalue weighted by atomic mass is 9.89. The molecule has 1 N–H and O–H groups in total. The summed E-state index contributed by atoms with van der Waals surface area (Å²) in [6.07, 6.45) is 8.61. The predicted molar refractivity (Wildman–Crippen MR) is 116 cm³/mol. The van der Waals surface area contributed by atoms with Crippen molar-refractivity contribution < 1.29 is 14.3 Å². The number of unbranched alkanes of at least 4 members (excludes halogenated alkanes) is 2. The molecule has 1 aliphatic carbocycles. The summed E-state index contributed by atoms with van der Waals surface area (Å²) in [5.74, 6) is 0.787. The van der Waals surface area contributed by atoms with Gasteiger partial charge < -0.3 is 14.8 Å². The number of aryl methyl sites for hydroxylation is 2. The summed E-state index contributed by atoms with van der Waals surface area (Å²) in [5, 5.41) is 3.28. The van der Waals surface area contributed by atoms with Crippen LogP contribution in [0.1, 0.15) is 70.6 Å². The van der Waals surface area contributed by atoms with Gasteiger partial charge in [0.1, 0.15) is 11.4 Å². The molecule has 29 heavy (non-hydrogen) atoms. The fourth-order valence-electron chi connectivity index (χ4n) is 3.89. The van der Waals surface area contributed by atoms with Gasteiger partial charge in [-0.05, 0) is 84.4 Å². The molecule has 1 saturated carbocycles. The van der Waals surface area contributed by atoms with Crippen molar-refractivity contribution in [1.82, 2.24) is 10.3 Å². The number of rotatable bonds is 8. The molecule has 0 aromatic carbocycles. The molecule has 2 heterocycles. The van der Waals surface area contributed by atoms with Crippen LogP contribution in [0.4, 0.5) is 10.6 Å². The molecular weight excluding hydrogens is 366 g/mol. The molecule has 1 aromatic heterocycles. The first kappa shape index (κ1) is 22.0. The Hall–Kier alpha value is -1.66. The zero-order valence-electron chi connectivity index (χ0n) is 18.5.